The van der Waals surface area contributed by atoms with Gasteiger partial charge >= 0.3 is 5.97 Å². The number of sulfone groups is 1. The molecule has 0 saturated heterocycles. The van der Waals surface area contributed by atoms with Crippen molar-refractivity contribution in [3.05, 3.63) is 105 Å². The molecule has 0 radical (unpaired) electrons. The van der Waals surface area contributed by atoms with Crippen molar-refractivity contribution < 1.29 is 32.3 Å². The van der Waals surface area contributed by atoms with Crippen LogP contribution in [0.1, 0.15) is 48.6 Å². The lowest BCUT2D eigenvalue weighted by Gasteiger charge is -2.24. The maximum Gasteiger partial charge on any atom is 0.329 e. The highest BCUT2D eigenvalue weighted by atomic mass is 79.9. The number of benzene rings is 3. The summed E-state index contributed by atoms with van der Waals surface area (Å²) < 4.78 is 29.6. The van der Waals surface area contributed by atoms with Crippen molar-refractivity contribution in [1.29, 1.82) is 0 Å². The molecule has 0 unspecified atom stereocenters. The Balaban J connectivity index is 1.49. The number of hydrogen-bond donors (Lipinski definition) is 0. The second-order valence-corrected chi connectivity index (χ2v) is 11.8. The van der Waals surface area contributed by atoms with Gasteiger partial charge < -0.3 is 4.74 Å². The van der Waals surface area contributed by atoms with Crippen LogP contribution in [0.2, 0.25) is 0 Å². The highest BCUT2D eigenvalue weighted by Crippen LogP contribution is 2.29. The molecule has 190 valence electrons. The number of halogens is 1. The van der Waals surface area contributed by atoms with Crippen LogP contribution in [0.4, 0.5) is 0 Å². The first-order valence-electron chi connectivity index (χ1n) is 11.3. The van der Waals surface area contributed by atoms with Gasteiger partial charge in [-0.25, -0.2) is 13.2 Å². The van der Waals surface area contributed by atoms with Crippen LogP contribution in [-0.2, 0) is 26.0 Å². The molecule has 4 rings (SSSR count). The summed E-state index contributed by atoms with van der Waals surface area (Å²) in [5.74, 6) is -2.85. The van der Waals surface area contributed by atoms with Gasteiger partial charge in [-0.15, -0.1) is 0 Å². The van der Waals surface area contributed by atoms with Gasteiger partial charge in [0.1, 0.15) is 22.5 Å². The van der Waals surface area contributed by atoms with Gasteiger partial charge in [0.25, 0.3) is 11.8 Å². The predicted octanol–water partition coefficient (Wildman–Crippen LogP) is 3.82. The zero-order valence-corrected chi connectivity index (χ0v) is 22.1. The molecule has 0 saturated carbocycles. The van der Waals surface area contributed by atoms with Crippen molar-refractivity contribution in [1.82, 2.24) is 4.90 Å². The molecule has 1 aliphatic rings. The lowest BCUT2D eigenvalue weighted by atomic mass is 10.0. The van der Waals surface area contributed by atoms with Crippen LogP contribution >= 0.6 is 15.9 Å². The third kappa shape index (κ3) is 6.03. The maximum atomic E-state index is 13.1. The Morgan fingerprint density at radius 1 is 0.892 bits per heavy atom. The van der Waals surface area contributed by atoms with Gasteiger partial charge in [0.2, 0.25) is 0 Å². The molecule has 0 bridgehead atoms. The molecule has 2 amide bonds. The van der Waals surface area contributed by atoms with E-state index in [1.807, 2.05) is 6.07 Å². The number of rotatable bonds is 9. The number of carbonyl (C=O) groups excluding carboxylic acids is 4. The Morgan fingerprint density at radius 3 is 2.16 bits per heavy atom. The molecule has 1 atom stereocenters. The Morgan fingerprint density at radius 2 is 1.51 bits per heavy atom. The van der Waals surface area contributed by atoms with E-state index >= 15 is 0 Å². The zero-order chi connectivity index (χ0) is 26.7. The number of nitrogens with zero attached hydrogens (tertiary/aromatic N) is 1. The highest BCUT2D eigenvalue weighted by Gasteiger charge is 2.43. The second kappa shape index (κ2) is 10.8. The number of esters is 1. The van der Waals surface area contributed by atoms with Gasteiger partial charge in [-0.2, -0.15) is 0 Å². The van der Waals surface area contributed by atoms with Crippen molar-refractivity contribution >= 4 is 49.3 Å². The topological polar surface area (TPSA) is 115 Å². The van der Waals surface area contributed by atoms with Crippen LogP contribution < -0.4 is 0 Å². The number of ether oxygens (including phenoxy) is 1. The van der Waals surface area contributed by atoms with Crippen molar-refractivity contribution in [2.24, 2.45) is 0 Å². The monoisotopic (exact) mass is 583 g/mol. The number of hydrogen-bond acceptors (Lipinski definition) is 7. The molecule has 10 heteroatoms. The molecule has 1 aliphatic heterocycles. The summed E-state index contributed by atoms with van der Waals surface area (Å²) in [5, 5.41) is 0. The van der Waals surface area contributed by atoms with Crippen LogP contribution in [0.3, 0.4) is 0 Å². The van der Waals surface area contributed by atoms with E-state index in [1.165, 1.54) is 12.1 Å². The number of imide groups is 1. The van der Waals surface area contributed by atoms with E-state index in [9.17, 15) is 27.6 Å². The van der Waals surface area contributed by atoms with Crippen molar-refractivity contribution in [2.45, 2.75) is 19.1 Å². The minimum atomic E-state index is -3.49. The molecule has 0 aliphatic carbocycles. The smallest absolute Gasteiger partial charge is 0.329 e. The summed E-state index contributed by atoms with van der Waals surface area (Å²) in [6, 6.07) is 18.4. The van der Waals surface area contributed by atoms with Gasteiger partial charge in [-0.05, 0) is 30.2 Å². The molecular weight excluding hydrogens is 562 g/mol. The van der Waals surface area contributed by atoms with Crippen molar-refractivity contribution in [3.63, 3.8) is 0 Å². The summed E-state index contributed by atoms with van der Waals surface area (Å²) in [4.78, 5) is 52.4. The van der Waals surface area contributed by atoms with Crippen LogP contribution in [0.15, 0.2) is 77.3 Å². The Labute approximate surface area is 222 Å². The third-order valence-corrected chi connectivity index (χ3v) is 7.33. The molecule has 8 nitrogen and oxygen atoms in total. The molecule has 37 heavy (non-hydrogen) atoms. The van der Waals surface area contributed by atoms with Crippen LogP contribution in [-0.4, -0.2) is 54.9 Å². The molecule has 3 aromatic rings. The first-order chi connectivity index (χ1) is 17.5. The summed E-state index contributed by atoms with van der Waals surface area (Å²) >= 11 is 3.26. The van der Waals surface area contributed by atoms with E-state index in [0.717, 1.165) is 11.2 Å². The van der Waals surface area contributed by atoms with Gasteiger partial charge in [-0.1, -0.05) is 70.5 Å². The minimum absolute atomic E-state index is 0.121. The fourth-order valence-electron chi connectivity index (χ4n) is 3.95. The largest absolute Gasteiger partial charge is 0.459 e. The number of ketones is 1. The van der Waals surface area contributed by atoms with E-state index in [4.69, 9.17) is 4.74 Å². The SMILES string of the molecule is CS(=O)(=O)CC[C@H](C(=O)OCc1ccc(C(=O)c2ccccc2)cc1)N1C(=O)c2ccc(Br)cc2C1=O. The quantitative estimate of drug-likeness (QED) is 0.213. The lowest BCUT2D eigenvalue weighted by Crippen LogP contribution is -2.46. The summed E-state index contributed by atoms with van der Waals surface area (Å²) in [6.07, 6.45) is 0.710. The maximum absolute atomic E-state index is 13.1. The Hall–Kier alpha value is -3.63. The fourth-order valence-corrected chi connectivity index (χ4v) is 4.96. The molecular formula is C27H22BrNO7S. The standard InChI is InChI=1S/C27H22BrNO7S/c1-37(34,35)14-13-23(29-25(31)21-12-11-20(28)15-22(21)26(29)32)27(33)36-16-17-7-9-19(10-8-17)24(30)18-5-3-2-4-6-18/h2-12,15,23H,13-14,16H2,1H3/t23-/m1/s1. The average Bonchev–Trinajstić information content (AvgIpc) is 3.12. The molecule has 0 spiro atoms. The molecule has 0 aromatic heterocycles. The minimum Gasteiger partial charge on any atom is -0.459 e. The summed E-state index contributed by atoms with van der Waals surface area (Å²) in [6.45, 7) is -0.192. The Bertz CT molecular complexity index is 1480. The normalized spacial score (nSPS) is 13.8. The average molecular weight is 584 g/mol. The zero-order valence-electron chi connectivity index (χ0n) is 19.7. The van der Waals surface area contributed by atoms with Gasteiger partial charge in [0.05, 0.1) is 16.9 Å². The molecule has 3 aromatic carbocycles. The van der Waals surface area contributed by atoms with E-state index < -0.39 is 39.4 Å². The third-order valence-electron chi connectivity index (χ3n) is 5.86. The Kier molecular flexibility index (Phi) is 7.70. The first-order valence-corrected chi connectivity index (χ1v) is 14.1. The van der Waals surface area contributed by atoms with E-state index in [-0.39, 0.29) is 29.9 Å². The highest BCUT2D eigenvalue weighted by molar-refractivity contribution is 9.10. The van der Waals surface area contributed by atoms with E-state index in [2.05, 4.69) is 15.9 Å². The van der Waals surface area contributed by atoms with E-state index in [0.29, 0.717) is 21.2 Å². The van der Waals surface area contributed by atoms with Crippen molar-refractivity contribution in [2.75, 3.05) is 12.0 Å². The number of fused-ring (bicyclic) bond motifs is 1. The molecule has 1 heterocycles. The van der Waals surface area contributed by atoms with Crippen LogP contribution in [0.25, 0.3) is 0 Å². The lowest BCUT2D eigenvalue weighted by molar-refractivity contribution is -0.149. The van der Waals surface area contributed by atoms with Crippen LogP contribution in [0, 0.1) is 0 Å². The molecule has 0 fully saturated rings. The van der Waals surface area contributed by atoms with E-state index in [1.54, 1.807) is 54.6 Å². The van der Waals surface area contributed by atoms with Gasteiger partial charge in [0, 0.05) is 21.9 Å². The molecule has 0 N–H and O–H groups in total. The van der Waals surface area contributed by atoms with Gasteiger partial charge in [-0.3, -0.25) is 19.3 Å². The summed E-state index contributed by atoms with van der Waals surface area (Å²) in [5.41, 5.74) is 1.83. The van der Waals surface area contributed by atoms with Crippen molar-refractivity contribution in [3.8, 4) is 0 Å². The first kappa shape index (κ1) is 26.4. The number of carbonyl (C=O) groups is 4. The van der Waals surface area contributed by atoms with Gasteiger partial charge in [0.15, 0.2) is 5.78 Å². The second-order valence-electron chi connectivity index (χ2n) is 8.60. The number of amides is 2. The summed E-state index contributed by atoms with van der Waals surface area (Å²) in [7, 11) is -3.49. The predicted molar refractivity (Wildman–Crippen MR) is 139 cm³/mol. The fraction of sp³-hybridized carbons (Fsp3) is 0.185. The van der Waals surface area contributed by atoms with Crippen LogP contribution in [0.5, 0.6) is 0 Å².